The second-order valence-corrected chi connectivity index (χ2v) is 9.67. The Hall–Kier alpha value is -2.55. The molecule has 0 bridgehead atoms. The third-order valence-electron chi connectivity index (χ3n) is 4.76. The smallest absolute Gasteiger partial charge is 0.251 e. The zero-order valence-corrected chi connectivity index (χ0v) is 18.4. The van der Waals surface area contributed by atoms with Gasteiger partial charge in [-0.15, -0.1) is 11.3 Å². The first kappa shape index (κ1) is 21.2. The Morgan fingerprint density at radius 1 is 1.10 bits per heavy atom. The van der Waals surface area contributed by atoms with E-state index < -0.39 is 10.0 Å². The molecule has 0 saturated heterocycles. The molecule has 0 aliphatic carbocycles. The van der Waals surface area contributed by atoms with E-state index in [2.05, 4.69) is 15.0 Å². The molecule has 3 aromatic rings. The quantitative estimate of drug-likeness (QED) is 0.627. The van der Waals surface area contributed by atoms with Crippen molar-refractivity contribution in [1.82, 2.24) is 15.0 Å². The molecular weight excluding hydrogens is 406 g/mol. The fourth-order valence-electron chi connectivity index (χ4n) is 2.92. The summed E-state index contributed by atoms with van der Waals surface area (Å²) in [6.07, 6.45) is 0. The summed E-state index contributed by atoms with van der Waals surface area (Å²) in [5.74, 6) is -0.320. The number of nitrogens with one attached hydrogen (secondary N) is 2. The lowest BCUT2D eigenvalue weighted by atomic mass is 10.1. The van der Waals surface area contributed by atoms with Gasteiger partial charge in [-0.2, -0.15) is 0 Å². The fourth-order valence-corrected chi connectivity index (χ4v) is 4.61. The van der Waals surface area contributed by atoms with E-state index in [1.165, 1.54) is 13.1 Å². The summed E-state index contributed by atoms with van der Waals surface area (Å²) in [5.41, 5.74) is 4.60. The highest BCUT2D eigenvalue weighted by molar-refractivity contribution is 7.89. The van der Waals surface area contributed by atoms with Crippen LogP contribution in [-0.4, -0.2) is 26.4 Å². The van der Waals surface area contributed by atoms with Crippen LogP contribution in [0.3, 0.4) is 0 Å². The molecule has 0 aliphatic rings. The number of hydrogen-bond donors (Lipinski definition) is 2. The average molecular weight is 430 g/mol. The molecule has 0 radical (unpaired) electrons. The Kier molecular flexibility index (Phi) is 6.16. The van der Waals surface area contributed by atoms with Gasteiger partial charge in [0.1, 0.15) is 0 Å². The molecule has 3 rings (SSSR count). The molecule has 6 nitrogen and oxygen atoms in total. The molecule has 0 saturated carbocycles. The van der Waals surface area contributed by atoms with Crippen LogP contribution in [0.1, 0.15) is 32.1 Å². The van der Waals surface area contributed by atoms with Gasteiger partial charge in [-0.05, 0) is 56.6 Å². The highest BCUT2D eigenvalue weighted by Crippen LogP contribution is 2.23. The predicted octanol–water partition coefficient (Wildman–Crippen LogP) is 3.57. The minimum absolute atomic E-state index is 0.119. The molecule has 1 aromatic heterocycles. The van der Waals surface area contributed by atoms with Crippen molar-refractivity contribution in [3.63, 3.8) is 0 Å². The summed E-state index contributed by atoms with van der Waals surface area (Å²) >= 11 is 1.61. The van der Waals surface area contributed by atoms with E-state index >= 15 is 0 Å². The van der Waals surface area contributed by atoms with Gasteiger partial charge >= 0.3 is 0 Å². The third-order valence-corrected chi connectivity index (χ3v) is 7.08. The standard InChI is InChI=1S/C21H23N3O3S2/c1-13-9-18(10-20(14(13)2)29(26,27)22-4)21(25)23-11-16-5-7-17(8-6-16)19-12-28-15(3)24-19/h5-10,12,22H,11H2,1-4H3,(H,23,25). The summed E-state index contributed by atoms with van der Waals surface area (Å²) in [6, 6.07) is 11.0. The molecule has 152 valence electrons. The van der Waals surface area contributed by atoms with E-state index in [-0.39, 0.29) is 10.8 Å². The van der Waals surface area contributed by atoms with Gasteiger partial charge < -0.3 is 5.32 Å². The first-order valence-corrected chi connectivity index (χ1v) is 11.4. The van der Waals surface area contributed by atoms with Gasteiger partial charge in [-0.25, -0.2) is 18.1 Å². The normalized spacial score (nSPS) is 11.4. The van der Waals surface area contributed by atoms with Crippen LogP contribution >= 0.6 is 11.3 Å². The summed E-state index contributed by atoms with van der Waals surface area (Å²) in [7, 11) is -2.28. The van der Waals surface area contributed by atoms with Gasteiger partial charge in [0, 0.05) is 23.1 Å². The van der Waals surface area contributed by atoms with Crippen molar-refractivity contribution in [2.45, 2.75) is 32.2 Å². The molecule has 0 fully saturated rings. The number of carbonyl (C=O) groups is 1. The molecule has 0 atom stereocenters. The first-order valence-electron chi connectivity index (χ1n) is 9.05. The Morgan fingerprint density at radius 2 is 1.79 bits per heavy atom. The Morgan fingerprint density at radius 3 is 2.38 bits per heavy atom. The summed E-state index contributed by atoms with van der Waals surface area (Å²) in [6.45, 7) is 5.83. The molecule has 1 heterocycles. The maximum absolute atomic E-state index is 12.6. The number of hydrogen-bond acceptors (Lipinski definition) is 5. The molecular formula is C21H23N3O3S2. The second-order valence-electron chi connectivity index (χ2n) is 6.76. The number of nitrogens with zero attached hydrogens (tertiary/aromatic N) is 1. The van der Waals surface area contributed by atoms with Crippen molar-refractivity contribution in [2.75, 3.05) is 7.05 Å². The zero-order chi connectivity index (χ0) is 21.2. The van der Waals surface area contributed by atoms with Gasteiger partial charge in [0.2, 0.25) is 10.0 Å². The lowest BCUT2D eigenvalue weighted by molar-refractivity contribution is 0.0950. The lowest BCUT2D eigenvalue weighted by Crippen LogP contribution is -2.25. The van der Waals surface area contributed by atoms with Crippen LogP contribution < -0.4 is 10.0 Å². The molecule has 0 unspecified atom stereocenters. The van der Waals surface area contributed by atoms with Gasteiger partial charge in [0.05, 0.1) is 15.6 Å². The zero-order valence-electron chi connectivity index (χ0n) is 16.7. The largest absolute Gasteiger partial charge is 0.348 e. The Bertz CT molecular complexity index is 1150. The maximum atomic E-state index is 12.6. The molecule has 29 heavy (non-hydrogen) atoms. The van der Waals surface area contributed by atoms with Crippen molar-refractivity contribution in [1.29, 1.82) is 0 Å². The van der Waals surface area contributed by atoms with Crippen LogP contribution in [0.4, 0.5) is 0 Å². The van der Waals surface area contributed by atoms with Crippen molar-refractivity contribution < 1.29 is 13.2 Å². The number of sulfonamides is 1. The van der Waals surface area contributed by atoms with Crippen molar-refractivity contribution >= 4 is 27.3 Å². The Balaban J connectivity index is 1.74. The maximum Gasteiger partial charge on any atom is 0.251 e. The average Bonchev–Trinajstić information content (AvgIpc) is 3.14. The highest BCUT2D eigenvalue weighted by atomic mass is 32.2. The number of aromatic nitrogens is 1. The van der Waals surface area contributed by atoms with Crippen LogP contribution in [0.5, 0.6) is 0 Å². The van der Waals surface area contributed by atoms with Crippen LogP contribution in [0.2, 0.25) is 0 Å². The lowest BCUT2D eigenvalue weighted by Gasteiger charge is -2.12. The summed E-state index contributed by atoms with van der Waals surface area (Å²) in [4.78, 5) is 17.2. The number of carbonyl (C=O) groups excluding carboxylic acids is 1. The molecule has 8 heteroatoms. The van der Waals surface area contributed by atoms with Crippen molar-refractivity contribution in [3.8, 4) is 11.3 Å². The van der Waals surface area contributed by atoms with Crippen LogP contribution in [0.25, 0.3) is 11.3 Å². The minimum Gasteiger partial charge on any atom is -0.348 e. The van der Waals surface area contributed by atoms with E-state index in [1.54, 1.807) is 31.3 Å². The van der Waals surface area contributed by atoms with E-state index in [0.717, 1.165) is 27.4 Å². The first-order chi connectivity index (χ1) is 13.7. The number of aryl methyl sites for hydroxylation is 2. The van der Waals surface area contributed by atoms with E-state index in [0.29, 0.717) is 17.7 Å². The predicted molar refractivity (Wildman–Crippen MR) is 116 cm³/mol. The molecule has 1 amide bonds. The summed E-state index contributed by atoms with van der Waals surface area (Å²) in [5, 5.41) is 5.89. The van der Waals surface area contributed by atoms with Crippen molar-refractivity contribution in [3.05, 3.63) is 69.0 Å². The molecule has 2 N–H and O–H groups in total. The van der Waals surface area contributed by atoms with Gasteiger partial charge in [-0.3, -0.25) is 4.79 Å². The molecule has 0 spiro atoms. The van der Waals surface area contributed by atoms with Crippen molar-refractivity contribution in [2.24, 2.45) is 0 Å². The fraction of sp³-hybridized carbons (Fsp3) is 0.238. The number of rotatable bonds is 6. The third kappa shape index (κ3) is 4.72. The number of thiazole rings is 1. The van der Waals surface area contributed by atoms with Crippen LogP contribution in [0, 0.1) is 20.8 Å². The van der Waals surface area contributed by atoms with Gasteiger partial charge in [0.25, 0.3) is 5.91 Å². The van der Waals surface area contributed by atoms with Crippen LogP contribution in [-0.2, 0) is 16.6 Å². The highest BCUT2D eigenvalue weighted by Gasteiger charge is 2.19. The topological polar surface area (TPSA) is 88.2 Å². The number of benzene rings is 2. The SMILES string of the molecule is CNS(=O)(=O)c1cc(C(=O)NCc2ccc(-c3csc(C)n3)cc2)cc(C)c1C. The molecule has 0 aliphatic heterocycles. The molecule has 2 aromatic carbocycles. The minimum atomic E-state index is -3.64. The van der Waals surface area contributed by atoms with Gasteiger partial charge in [0.15, 0.2) is 0 Å². The Labute approximate surface area is 175 Å². The van der Waals surface area contributed by atoms with E-state index in [4.69, 9.17) is 0 Å². The summed E-state index contributed by atoms with van der Waals surface area (Å²) < 4.78 is 26.8. The van der Waals surface area contributed by atoms with Crippen LogP contribution in [0.15, 0.2) is 46.7 Å². The van der Waals surface area contributed by atoms with E-state index in [1.807, 2.05) is 36.6 Å². The number of amides is 1. The monoisotopic (exact) mass is 429 g/mol. The van der Waals surface area contributed by atoms with E-state index in [9.17, 15) is 13.2 Å². The second kappa shape index (κ2) is 8.44. The van der Waals surface area contributed by atoms with Gasteiger partial charge in [-0.1, -0.05) is 24.3 Å².